The Labute approximate surface area is 80.8 Å². The van der Waals surface area contributed by atoms with E-state index < -0.39 is 0 Å². The average Bonchev–Trinajstić information content (AvgIpc) is 1.99. The van der Waals surface area contributed by atoms with Crippen molar-refractivity contribution < 1.29 is 9.53 Å². The van der Waals surface area contributed by atoms with E-state index in [0.29, 0.717) is 6.54 Å². The lowest BCUT2D eigenvalue weighted by Crippen LogP contribution is -2.34. The molecule has 0 spiro atoms. The van der Waals surface area contributed by atoms with Gasteiger partial charge in [-0.3, -0.25) is 0 Å². The first-order valence-electron chi connectivity index (χ1n) is 4.98. The summed E-state index contributed by atoms with van der Waals surface area (Å²) in [5, 5.41) is 2.69. The smallest absolute Gasteiger partial charge is 0.407 e. The van der Waals surface area contributed by atoms with Crippen LogP contribution in [0.2, 0.25) is 0 Å². The monoisotopic (exact) mass is 187 g/mol. The molecule has 0 saturated heterocycles. The molecule has 3 heteroatoms. The summed E-state index contributed by atoms with van der Waals surface area (Å²) < 4.78 is 5.23. The van der Waals surface area contributed by atoms with Crippen LogP contribution in [0.3, 0.4) is 0 Å². The van der Waals surface area contributed by atoms with Crippen LogP contribution in [-0.2, 0) is 4.74 Å². The van der Waals surface area contributed by atoms with Crippen molar-refractivity contribution in [2.24, 2.45) is 0 Å². The number of rotatable bonds is 5. The number of amides is 1. The van der Waals surface area contributed by atoms with Crippen LogP contribution >= 0.6 is 0 Å². The molecule has 13 heavy (non-hydrogen) atoms. The van der Waals surface area contributed by atoms with Crippen LogP contribution in [0.25, 0.3) is 0 Å². The fourth-order valence-electron chi connectivity index (χ4n) is 1.17. The van der Waals surface area contributed by atoms with E-state index in [4.69, 9.17) is 4.74 Å². The van der Waals surface area contributed by atoms with Crippen LogP contribution in [0, 0.1) is 0 Å². The van der Waals surface area contributed by atoms with Crippen molar-refractivity contribution in [1.29, 1.82) is 0 Å². The molecule has 0 unspecified atom stereocenters. The molecule has 0 aromatic heterocycles. The first-order valence-corrected chi connectivity index (χ1v) is 4.98. The van der Waals surface area contributed by atoms with Gasteiger partial charge in [-0.25, -0.2) is 4.79 Å². The molecule has 0 fully saturated rings. The molecule has 0 aromatic rings. The molecule has 0 aliphatic rings. The second-order valence-electron chi connectivity index (χ2n) is 3.83. The fourth-order valence-corrected chi connectivity index (χ4v) is 1.17. The summed E-state index contributed by atoms with van der Waals surface area (Å²) in [5.41, 5.74) is -0.341. The first kappa shape index (κ1) is 12.3. The molecule has 78 valence electrons. The van der Waals surface area contributed by atoms with Gasteiger partial charge >= 0.3 is 6.09 Å². The van der Waals surface area contributed by atoms with Crippen molar-refractivity contribution in [2.45, 2.75) is 52.6 Å². The Hall–Kier alpha value is -0.730. The maximum absolute atomic E-state index is 11.2. The summed E-state index contributed by atoms with van der Waals surface area (Å²) in [6.45, 7) is 8.64. The van der Waals surface area contributed by atoms with Crippen LogP contribution < -0.4 is 5.32 Å². The quantitative estimate of drug-likeness (QED) is 0.718. The van der Waals surface area contributed by atoms with Crippen molar-refractivity contribution >= 4 is 6.09 Å². The molecule has 0 aliphatic carbocycles. The van der Waals surface area contributed by atoms with Crippen molar-refractivity contribution in [3.8, 4) is 0 Å². The lowest BCUT2D eigenvalue weighted by Gasteiger charge is -2.24. The normalized spacial score (nSPS) is 11.1. The van der Waals surface area contributed by atoms with Gasteiger partial charge in [-0.05, 0) is 26.7 Å². The molecular formula is C10H21NO2. The largest absolute Gasteiger partial charge is 0.444 e. The van der Waals surface area contributed by atoms with Gasteiger partial charge in [0, 0.05) is 6.54 Å². The van der Waals surface area contributed by atoms with Gasteiger partial charge in [0.2, 0.25) is 0 Å². The fraction of sp³-hybridized carbons (Fsp3) is 0.900. The zero-order valence-corrected chi connectivity index (χ0v) is 9.14. The minimum Gasteiger partial charge on any atom is -0.444 e. The third-order valence-electron chi connectivity index (χ3n) is 1.74. The number of carbonyl (C=O) groups is 1. The molecule has 0 aliphatic heterocycles. The van der Waals surface area contributed by atoms with Crippen LogP contribution in [0.15, 0.2) is 0 Å². The van der Waals surface area contributed by atoms with Gasteiger partial charge < -0.3 is 10.1 Å². The topological polar surface area (TPSA) is 38.3 Å². The van der Waals surface area contributed by atoms with E-state index >= 15 is 0 Å². The first-order chi connectivity index (χ1) is 6.02. The highest BCUT2D eigenvalue weighted by molar-refractivity contribution is 5.67. The second kappa shape index (κ2) is 5.84. The molecule has 3 nitrogen and oxygen atoms in total. The molecule has 1 amide bonds. The SMILES string of the molecule is CCCNC(=O)OC(C)(C)CCC. The van der Waals surface area contributed by atoms with Gasteiger partial charge in [0.1, 0.15) is 5.60 Å². The predicted octanol–water partition coefficient (Wildman–Crippen LogP) is 2.70. The van der Waals surface area contributed by atoms with E-state index in [2.05, 4.69) is 12.2 Å². The number of alkyl carbamates (subject to hydrolysis) is 1. The molecule has 0 heterocycles. The molecule has 0 bridgehead atoms. The highest BCUT2D eigenvalue weighted by atomic mass is 16.6. The Balaban J connectivity index is 3.75. The van der Waals surface area contributed by atoms with E-state index in [1.165, 1.54) is 0 Å². The lowest BCUT2D eigenvalue weighted by molar-refractivity contribution is 0.0323. The minimum atomic E-state index is -0.341. The van der Waals surface area contributed by atoms with Gasteiger partial charge in [-0.15, -0.1) is 0 Å². The maximum atomic E-state index is 11.2. The zero-order valence-electron chi connectivity index (χ0n) is 9.14. The number of hydrogen-bond acceptors (Lipinski definition) is 2. The van der Waals surface area contributed by atoms with E-state index in [9.17, 15) is 4.79 Å². The molecule has 1 N–H and O–H groups in total. The van der Waals surface area contributed by atoms with Crippen LogP contribution in [0.5, 0.6) is 0 Å². The molecule has 0 saturated carbocycles. The van der Waals surface area contributed by atoms with Gasteiger partial charge in [-0.2, -0.15) is 0 Å². The molecule has 0 atom stereocenters. The number of ether oxygens (including phenoxy) is 1. The highest BCUT2D eigenvalue weighted by Gasteiger charge is 2.20. The van der Waals surface area contributed by atoms with Gasteiger partial charge in [0.15, 0.2) is 0 Å². The maximum Gasteiger partial charge on any atom is 0.407 e. The Morgan fingerprint density at radius 1 is 1.31 bits per heavy atom. The van der Waals surface area contributed by atoms with Crippen molar-refractivity contribution in [3.05, 3.63) is 0 Å². The molecular weight excluding hydrogens is 166 g/mol. The van der Waals surface area contributed by atoms with Crippen LogP contribution in [-0.4, -0.2) is 18.2 Å². The summed E-state index contributed by atoms with van der Waals surface area (Å²) >= 11 is 0. The summed E-state index contributed by atoms with van der Waals surface area (Å²) in [6.07, 6.45) is 2.55. The lowest BCUT2D eigenvalue weighted by atomic mass is 10.0. The average molecular weight is 187 g/mol. The van der Waals surface area contributed by atoms with Gasteiger partial charge in [0.25, 0.3) is 0 Å². The summed E-state index contributed by atoms with van der Waals surface area (Å²) in [7, 11) is 0. The van der Waals surface area contributed by atoms with Gasteiger partial charge in [-0.1, -0.05) is 20.3 Å². The number of hydrogen-bond donors (Lipinski definition) is 1. The third-order valence-corrected chi connectivity index (χ3v) is 1.74. The van der Waals surface area contributed by atoms with E-state index in [1.807, 2.05) is 20.8 Å². The number of nitrogens with one attached hydrogen (secondary N) is 1. The van der Waals surface area contributed by atoms with Crippen molar-refractivity contribution in [2.75, 3.05) is 6.54 Å². The van der Waals surface area contributed by atoms with E-state index in [-0.39, 0.29) is 11.7 Å². The predicted molar refractivity (Wildman–Crippen MR) is 53.8 cm³/mol. The second-order valence-corrected chi connectivity index (χ2v) is 3.83. The van der Waals surface area contributed by atoms with Crippen molar-refractivity contribution in [3.63, 3.8) is 0 Å². The minimum absolute atomic E-state index is 0.305. The Morgan fingerprint density at radius 3 is 2.38 bits per heavy atom. The van der Waals surface area contributed by atoms with Crippen LogP contribution in [0.4, 0.5) is 4.79 Å². The summed E-state index contributed by atoms with van der Waals surface area (Å²) in [6, 6.07) is 0. The number of carbonyl (C=O) groups excluding carboxylic acids is 1. The molecule has 0 rings (SSSR count). The molecule has 0 radical (unpaired) electrons. The standard InChI is InChI=1S/C10H21NO2/c1-5-7-10(3,4)13-9(12)11-8-6-2/h5-8H2,1-4H3,(H,11,12). The summed E-state index contributed by atoms with van der Waals surface area (Å²) in [5.74, 6) is 0. The zero-order chi connectivity index (χ0) is 10.3. The third kappa shape index (κ3) is 6.43. The van der Waals surface area contributed by atoms with E-state index in [1.54, 1.807) is 0 Å². The molecule has 0 aromatic carbocycles. The Kier molecular flexibility index (Phi) is 5.51. The van der Waals surface area contributed by atoms with Crippen molar-refractivity contribution in [1.82, 2.24) is 5.32 Å². The van der Waals surface area contributed by atoms with Crippen LogP contribution in [0.1, 0.15) is 47.0 Å². The Morgan fingerprint density at radius 2 is 1.92 bits per heavy atom. The highest BCUT2D eigenvalue weighted by Crippen LogP contribution is 2.16. The Bertz CT molecular complexity index is 155. The van der Waals surface area contributed by atoms with Gasteiger partial charge in [0.05, 0.1) is 0 Å². The summed E-state index contributed by atoms with van der Waals surface area (Å²) in [4.78, 5) is 11.2. The van der Waals surface area contributed by atoms with E-state index in [0.717, 1.165) is 19.3 Å².